The lowest BCUT2D eigenvalue weighted by molar-refractivity contribution is 0.332. The maximum Gasteiger partial charge on any atom is 0.216 e. The number of rotatable bonds is 2. The second-order valence-corrected chi connectivity index (χ2v) is 7.39. The highest BCUT2D eigenvalue weighted by atomic mass is 32.2. The minimum absolute atomic E-state index is 0.175. The summed E-state index contributed by atoms with van der Waals surface area (Å²) in [6.07, 6.45) is 1.00. The average molecular weight is 232 g/mol. The van der Waals surface area contributed by atoms with Crippen LogP contribution in [0.15, 0.2) is 0 Å². The zero-order valence-electron chi connectivity index (χ0n) is 9.60. The molecule has 3 atom stereocenters. The Morgan fingerprint density at radius 1 is 1.33 bits per heavy atom. The molecule has 2 fully saturated rings. The third kappa shape index (κ3) is 1.70. The van der Waals surface area contributed by atoms with E-state index >= 15 is 0 Å². The summed E-state index contributed by atoms with van der Waals surface area (Å²) in [5.74, 6) is 0.522. The lowest BCUT2D eigenvalue weighted by atomic mass is 10.0. The number of hydrogen-bond donors (Lipinski definition) is 1. The maximum atomic E-state index is 12.2. The van der Waals surface area contributed by atoms with E-state index in [1.54, 1.807) is 18.2 Å². The molecule has 5 heteroatoms. The standard InChI is InChI=1S/C10H20N2O2S/c1-7(2)15(13,14)12-8(3)4-9-5-11-6-10(9)12/h7-11H,4-6H2,1-3H3. The molecule has 2 aliphatic rings. The van der Waals surface area contributed by atoms with Gasteiger partial charge in [0.1, 0.15) is 0 Å². The predicted molar refractivity (Wildman–Crippen MR) is 60.1 cm³/mol. The van der Waals surface area contributed by atoms with Gasteiger partial charge in [-0.2, -0.15) is 4.31 Å². The lowest BCUT2D eigenvalue weighted by Crippen LogP contribution is -2.45. The molecule has 0 spiro atoms. The minimum atomic E-state index is -3.09. The van der Waals surface area contributed by atoms with Crippen LogP contribution in [-0.4, -0.2) is 43.1 Å². The summed E-state index contributed by atoms with van der Waals surface area (Å²) in [5, 5.41) is 2.97. The van der Waals surface area contributed by atoms with Gasteiger partial charge in [0.25, 0.3) is 0 Å². The van der Waals surface area contributed by atoms with E-state index < -0.39 is 10.0 Å². The second kappa shape index (κ2) is 3.71. The molecule has 0 amide bonds. The summed E-state index contributed by atoms with van der Waals surface area (Å²) in [6.45, 7) is 7.34. The molecule has 2 rings (SSSR count). The molecule has 0 aromatic carbocycles. The van der Waals surface area contributed by atoms with E-state index in [9.17, 15) is 8.42 Å². The topological polar surface area (TPSA) is 49.4 Å². The number of nitrogens with one attached hydrogen (secondary N) is 1. The third-order valence-corrected chi connectivity index (χ3v) is 6.01. The molecule has 0 radical (unpaired) electrons. The molecule has 15 heavy (non-hydrogen) atoms. The van der Waals surface area contributed by atoms with Crippen LogP contribution in [0.3, 0.4) is 0 Å². The highest BCUT2D eigenvalue weighted by Crippen LogP contribution is 2.35. The third-order valence-electron chi connectivity index (χ3n) is 3.60. The van der Waals surface area contributed by atoms with Crippen LogP contribution in [-0.2, 0) is 10.0 Å². The first-order valence-electron chi connectivity index (χ1n) is 5.67. The Kier molecular flexibility index (Phi) is 2.81. The summed E-state index contributed by atoms with van der Waals surface area (Å²) in [7, 11) is -3.09. The van der Waals surface area contributed by atoms with Gasteiger partial charge in [0.2, 0.25) is 10.0 Å². The number of hydrogen-bond acceptors (Lipinski definition) is 3. The molecular formula is C10H20N2O2S. The summed E-state index contributed by atoms with van der Waals surface area (Å²) < 4.78 is 26.1. The van der Waals surface area contributed by atoms with E-state index in [-0.39, 0.29) is 17.3 Å². The van der Waals surface area contributed by atoms with Crippen LogP contribution in [0.5, 0.6) is 0 Å². The quantitative estimate of drug-likeness (QED) is 0.750. The molecule has 4 nitrogen and oxygen atoms in total. The van der Waals surface area contributed by atoms with Gasteiger partial charge in [0, 0.05) is 18.6 Å². The molecule has 0 aromatic rings. The second-order valence-electron chi connectivity index (χ2n) is 4.99. The molecular weight excluding hydrogens is 212 g/mol. The van der Waals surface area contributed by atoms with Crippen molar-refractivity contribution in [3.8, 4) is 0 Å². The van der Waals surface area contributed by atoms with Crippen LogP contribution >= 0.6 is 0 Å². The minimum Gasteiger partial charge on any atom is -0.315 e. The van der Waals surface area contributed by atoms with Gasteiger partial charge in [-0.25, -0.2) is 8.42 Å². The first-order chi connectivity index (χ1) is 6.94. The monoisotopic (exact) mass is 232 g/mol. The Hall–Kier alpha value is -0.130. The smallest absolute Gasteiger partial charge is 0.216 e. The van der Waals surface area contributed by atoms with Gasteiger partial charge in [-0.15, -0.1) is 0 Å². The normalized spacial score (nSPS) is 37.5. The van der Waals surface area contributed by atoms with Gasteiger partial charge >= 0.3 is 0 Å². The molecule has 3 unspecified atom stereocenters. The molecule has 0 bridgehead atoms. The fourth-order valence-corrected chi connectivity index (χ4v) is 4.51. The molecule has 88 valence electrons. The van der Waals surface area contributed by atoms with Crippen LogP contribution in [0.1, 0.15) is 27.2 Å². The Bertz CT molecular complexity index is 339. The molecule has 2 heterocycles. The van der Waals surface area contributed by atoms with Crippen molar-refractivity contribution in [2.45, 2.75) is 44.5 Å². The fourth-order valence-electron chi connectivity index (χ4n) is 2.81. The molecule has 2 saturated heterocycles. The van der Waals surface area contributed by atoms with Gasteiger partial charge in [0.15, 0.2) is 0 Å². The van der Waals surface area contributed by atoms with Gasteiger partial charge in [0.05, 0.1) is 5.25 Å². The Morgan fingerprint density at radius 3 is 2.60 bits per heavy atom. The highest BCUT2D eigenvalue weighted by molar-refractivity contribution is 7.89. The average Bonchev–Trinajstić information content (AvgIpc) is 2.61. The zero-order valence-corrected chi connectivity index (χ0v) is 10.4. The van der Waals surface area contributed by atoms with Crippen LogP contribution < -0.4 is 5.32 Å². The first-order valence-corrected chi connectivity index (χ1v) is 7.18. The van der Waals surface area contributed by atoms with E-state index in [2.05, 4.69) is 5.32 Å². The van der Waals surface area contributed by atoms with Gasteiger partial charge in [-0.05, 0) is 39.7 Å². The van der Waals surface area contributed by atoms with Crippen molar-refractivity contribution in [2.75, 3.05) is 13.1 Å². The summed E-state index contributed by atoms with van der Waals surface area (Å²) in [4.78, 5) is 0. The molecule has 2 aliphatic heterocycles. The van der Waals surface area contributed by atoms with E-state index in [0.717, 1.165) is 19.5 Å². The van der Waals surface area contributed by atoms with E-state index in [4.69, 9.17) is 0 Å². The fraction of sp³-hybridized carbons (Fsp3) is 1.00. The van der Waals surface area contributed by atoms with Crippen LogP contribution in [0.4, 0.5) is 0 Å². The number of sulfonamides is 1. The zero-order chi connectivity index (χ0) is 11.2. The van der Waals surface area contributed by atoms with Crippen molar-refractivity contribution in [1.82, 2.24) is 9.62 Å². The molecule has 0 aromatic heterocycles. The Morgan fingerprint density at radius 2 is 2.00 bits per heavy atom. The number of fused-ring (bicyclic) bond motifs is 1. The van der Waals surface area contributed by atoms with Gasteiger partial charge < -0.3 is 5.32 Å². The summed E-state index contributed by atoms with van der Waals surface area (Å²) in [5.41, 5.74) is 0. The Labute approximate surface area is 92.1 Å². The maximum absolute atomic E-state index is 12.2. The summed E-state index contributed by atoms with van der Waals surface area (Å²) in [6, 6.07) is 0.377. The predicted octanol–water partition coefficient (Wildman–Crippen LogP) is 0.407. The Balaban J connectivity index is 2.28. The van der Waals surface area contributed by atoms with Crippen molar-refractivity contribution in [1.29, 1.82) is 0 Å². The first kappa shape index (κ1) is 11.4. The molecule has 1 N–H and O–H groups in total. The van der Waals surface area contributed by atoms with Crippen molar-refractivity contribution < 1.29 is 8.42 Å². The summed E-state index contributed by atoms with van der Waals surface area (Å²) >= 11 is 0. The van der Waals surface area contributed by atoms with Crippen molar-refractivity contribution in [3.05, 3.63) is 0 Å². The molecule has 0 aliphatic carbocycles. The van der Waals surface area contributed by atoms with Gasteiger partial charge in [-0.3, -0.25) is 0 Å². The van der Waals surface area contributed by atoms with E-state index in [0.29, 0.717) is 5.92 Å². The van der Waals surface area contributed by atoms with Crippen molar-refractivity contribution >= 4 is 10.0 Å². The lowest BCUT2D eigenvalue weighted by Gasteiger charge is -2.28. The largest absolute Gasteiger partial charge is 0.315 e. The van der Waals surface area contributed by atoms with Gasteiger partial charge in [-0.1, -0.05) is 0 Å². The van der Waals surface area contributed by atoms with Crippen molar-refractivity contribution in [2.24, 2.45) is 5.92 Å². The van der Waals surface area contributed by atoms with Crippen LogP contribution in [0.2, 0.25) is 0 Å². The van der Waals surface area contributed by atoms with E-state index in [1.807, 2.05) is 6.92 Å². The van der Waals surface area contributed by atoms with Crippen LogP contribution in [0.25, 0.3) is 0 Å². The van der Waals surface area contributed by atoms with Crippen LogP contribution in [0, 0.1) is 5.92 Å². The number of nitrogens with zero attached hydrogens (tertiary/aromatic N) is 1. The van der Waals surface area contributed by atoms with E-state index in [1.165, 1.54) is 0 Å². The van der Waals surface area contributed by atoms with Crippen molar-refractivity contribution in [3.63, 3.8) is 0 Å². The SMILES string of the molecule is CC1CC2CNCC2N1S(=O)(=O)C(C)C. The molecule has 0 saturated carbocycles. The highest BCUT2D eigenvalue weighted by Gasteiger charge is 2.47.